The van der Waals surface area contributed by atoms with E-state index < -0.39 is 0 Å². The Morgan fingerprint density at radius 1 is 1.46 bits per heavy atom. The van der Waals surface area contributed by atoms with Gasteiger partial charge in [0.05, 0.1) is 6.04 Å². The molecule has 1 N–H and O–H groups in total. The van der Waals surface area contributed by atoms with E-state index in [1.807, 2.05) is 17.9 Å². The van der Waals surface area contributed by atoms with Gasteiger partial charge in [0, 0.05) is 19.3 Å². The van der Waals surface area contributed by atoms with Crippen molar-refractivity contribution < 1.29 is 0 Å². The maximum absolute atomic E-state index is 11.2. The van der Waals surface area contributed by atoms with E-state index in [1.165, 1.54) is 0 Å². The summed E-state index contributed by atoms with van der Waals surface area (Å²) in [5.74, 6) is 0. The van der Waals surface area contributed by atoms with E-state index in [4.69, 9.17) is 0 Å². The summed E-state index contributed by atoms with van der Waals surface area (Å²) >= 11 is 0. The van der Waals surface area contributed by atoms with Gasteiger partial charge in [0.2, 0.25) is 0 Å². The van der Waals surface area contributed by atoms with Crippen LogP contribution in [-0.2, 0) is 7.05 Å². The van der Waals surface area contributed by atoms with E-state index in [1.54, 1.807) is 10.7 Å². The van der Waals surface area contributed by atoms with Gasteiger partial charge in [0.1, 0.15) is 0 Å². The molecule has 1 aromatic rings. The van der Waals surface area contributed by atoms with Crippen molar-refractivity contribution in [3.63, 3.8) is 0 Å². The zero-order chi connectivity index (χ0) is 9.26. The summed E-state index contributed by atoms with van der Waals surface area (Å²) < 4.78 is 3.74. The van der Waals surface area contributed by atoms with Gasteiger partial charge in [-0.25, -0.2) is 0 Å². The Hall–Kier alpha value is -1.03. The van der Waals surface area contributed by atoms with Crippen molar-refractivity contribution in [3.8, 4) is 0 Å². The fourth-order valence-corrected chi connectivity index (χ4v) is 1.90. The SMILES string of the molecule is Cn1c(=O)ccn1C1CCNCC1. The summed E-state index contributed by atoms with van der Waals surface area (Å²) in [5, 5.41) is 3.31. The van der Waals surface area contributed by atoms with E-state index in [9.17, 15) is 4.79 Å². The first kappa shape index (κ1) is 8.56. The quantitative estimate of drug-likeness (QED) is 0.668. The minimum Gasteiger partial charge on any atom is -0.317 e. The van der Waals surface area contributed by atoms with Crippen molar-refractivity contribution in [1.29, 1.82) is 0 Å². The Balaban J connectivity index is 2.23. The van der Waals surface area contributed by atoms with Crippen LogP contribution in [0.1, 0.15) is 18.9 Å². The molecular weight excluding hydrogens is 166 g/mol. The van der Waals surface area contributed by atoms with Gasteiger partial charge < -0.3 is 5.32 Å². The first-order valence-corrected chi connectivity index (χ1v) is 4.74. The van der Waals surface area contributed by atoms with Crippen LogP contribution >= 0.6 is 0 Å². The Labute approximate surface area is 77.1 Å². The fourth-order valence-electron chi connectivity index (χ4n) is 1.90. The molecule has 1 aliphatic rings. The molecule has 0 bridgehead atoms. The number of piperidine rings is 1. The zero-order valence-corrected chi connectivity index (χ0v) is 7.86. The Kier molecular flexibility index (Phi) is 2.22. The highest BCUT2D eigenvalue weighted by Gasteiger charge is 2.15. The lowest BCUT2D eigenvalue weighted by Gasteiger charge is -2.25. The summed E-state index contributed by atoms with van der Waals surface area (Å²) in [6.07, 6.45) is 4.11. The van der Waals surface area contributed by atoms with Crippen molar-refractivity contribution in [3.05, 3.63) is 22.6 Å². The molecule has 0 amide bonds. The highest BCUT2D eigenvalue weighted by atomic mass is 16.1. The van der Waals surface area contributed by atoms with E-state index >= 15 is 0 Å². The second-order valence-corrected chi connectivity index (χ2v) is 3.54. The van der Waals surface area contributed by atoms with Gasteiger partial charge >= 0.3 is 0 Å². The van der Waals surface area contributed by atoms with E-state index in [0.717, 1.165) is 25.9 Å². The standard InChI is InChI=1S/C9H15N3O/c1-11-9(13)4-7-12(11)8-2-5-10-6-3-8/h4,7-8,10H,2-3,5-6H2,1H3. The van der Waals surface area contributed by atoms with E-state index in [0.29, 0.717) is 6.04 Å². The smallest absolute Gasteiger partial charge is 0.266 e. The number of nitrogens with one attached hydrogen (secondary N) is 1. The fraction of sp³-hybridized carbons (Fsp3) is 0.667. The molecule has 0 saturated carbocycles. The van der Waals surface area contributed by atoms with Gasteiger partial charge in [0.15, 0.2) is 0 Å². The lowest BCUT2D eigenvalue weighted by Crippen LogP contribution is -2.32. The molecule has 1 fully saturated rings. The predicted molar refractivity (Wildman–Crippen MR) is 50.8 cm³/mol. The second kappa shape index (κ2) is 3.38. The molecule has 0 aromatic carbocycles. The third-order valence-corrected chi connectivity index (χ3v) is 2.72. The summed E-state index contributed by atoms with van der Waals surface area (Å²) in [4.78, 5) is 11.2. The molecule has 4 heteroatoms. The molecule has 1 aromatic heterocycles. The highest BCUT2D eigenvalue weighted by Crippen LogP contribution is 2.16. The summed E-state index contributed by atoms with van der Waals surface area (Å²) in [6, 6.07) is 2.12. The largest absolute Gasteiger partial charge is 0.317 e. The number of rotatable bonds is 1. The van der Waals surface area contributed by atoms with Gasteiger partial charge in [-0.1, -0.05) is 0 Å². The minimum absolute atomic E-state index is 0.0820. The number of hydrogen-bond acceptors (Lipinski definition) is 2. The monoisotopic (exact) mass is 181 g/mol. The van der Waals surface area contributed by atoms with Crippen LogP contribution in [0.5, 0.6) is 0 Å². The average Bonchev–Trinajstić information content (AvgIpc) is 2.49. The summed E-state index contributed by atoms with van der Waals surface area (Å²) in [5.41, 5.74) is 0.0820. The van der Waals surface area contributed by atoms with Gasteiger partial charge in [-0.05, 0) is 25.9 Å². The summed E-state index contributed by atoms with van der Waals surface area (Å²) in [7, 11) is 1.82. The molecule has 1 aliphatic heterocycles. The van der Waals surface area contributed by atoms with E-state index in [2.05, 4.69) is 5.32 Å². The molecule has 0 radical (unpaired) electrons. The number of hydrogen-bond donors (Lipinski definition) is 1. The van der Waals surface area contributed by atoms with Gasteiger partial charge in [-0.2, -0.15) is 0 Å². The molecular formula is C9H15N3O. The van der Waals surface area contributed by atoms with Crippen molar-refractivity contribution in [1.82, 2.24) is 14.7 Å². The van der Waals surface area contributed by atoms with E-state index in [-0.39, 0.29) is 5.56 Å². The van der Waals surface area contributed by atoms with Crippen LogP contribution in [0.3, 0.4) is 0 Å². The summed E-state index contributed by atoms with van der Waals surface area (Å²) in [6.45, 7) is 2.11. The van der Waals surface area contributed by atoms with Crippen LogP contribution in [0.15, 0.2) is 17.1 Å². The molecule has 0 spiro atoms. The van der Waals surface area contributed by atoms with Crippen molar-refractivity contribution in [2.45, 2.75) is 18.9 Å². The minimum atomic E-state index is 0.0820. The number of aromatic nitrogens is 2. The van der Waals surface area contributed by atoms with Crippen LogP contribution in [0.2, 0.25) is 0 Å². The van der Waals surface area contributed by atoms with Crippen molar-refractivity contribution in [2.75, 3.05) is 13.1 Å². The van der Waals surface area contributed by atoms with Crippen molar-refractivity contribution >= 4 is 0 Å². The average molecular weight is 181 g/mol. The molecule has 0 aliphatic carbocycles. The van der Waals surface area contributed by atoms with Gasteiger partial charge in [-0.15, -0.1) is 0 Å². The first-order chi connectivity index (χ1) is 6.29. The Bertz CT molecular complexity index is 333. The first-order valence-electron chi connectivity index (χ1n) is 4.74. The Morgan fingerprint density at radius 2 is 2.15 bits per heavy atom. The normalized spacial score (nSPS) is 19.2. The molecule has 72 valence electrons. The third-order valence-electron chi connectivity index (χ3n) is 2.72. The second-order valence-electron chi connectivity index (χ2n) is 3.54. The van der Waals surface area contributed by atoms with Crippen molar-refractivity contribution in [2.24, 2.45) is 7.05 Å². The number of nitrogens with zero attached hydrogens (tertiary/aromatic N) is 2. The molecule has 13 heavy (non-hydrogen) atoms. The lowest BCUT2D eigenvalue weighted by atomic mass is 10.1. The zero-order valence-electron chi connectivity index (χ0n) is 7.86. The van der Waals surface area contributed by atoms with Crippen LogP contribution in [0.4, 0.5) is 0 Å². The van der Waals surface area contributed by atoms with Gasteiger partial charge in [-0.3, -0.25) is 14.2 Å². The maximum Gasteiger partial charge on any atom is 0.266 e. The molecule has 2 heterocycles. The molecule has 2 rings (SSSR count). The van der Waals surface area contributed by atoms with Crippen LogP contribution in [0, 0.1) is 0 Å². The highest BCUT2D eigenvalue weighted by molar-refractivity contribution is 4.87. The molecule has 0 atom stereocenters. The van der Waals surface area contributed by atoms with Crippen LogP contribution in [-0.4, -0.2) is 22.5 Å². The topological polar surface area (TPSA) is 39.0 Å². The Morgan fingerprint density at radius 3 is 2.69 bits per heavy atom. The molecule has 4 nitrogen and oxygen atoms in total. The molecule has 0 unspecified atom stereocenters. The van der Waals surface area contributed by atoms with Gasteiger partial charge in [0.25, 0.3) is 5.56 Å². The third kappa shape index (κ3) is 1.54. The lowest BCUT2D eigenvalue weighted by molar-refractivity contribution is 0.310. The molecule has 1 saturated heterocycles. The predicted octanol–water partition coefficient (Wildman–Crippen LogP) is 0.111. The van der Waals surface area contributed by atoms with Crippen LogP contribution in [0.25, 0.3) is 0 Å². The maximum atomic E-state index is 11.2. The van der Waals surface area contributed by atoms with Crippen LogP contribution < -0.4 is 10.9 Å².